The van der Waals surface area contributed by atoms with Crippen LogP contribution in [0.15, 0.2) is 23.1 Å². The first kappa shape index (κ1) is 21.4. The lowest BCUT2D eigenvalue weighted by atomic mass is 9.95. The molecule has 2 rings (SSSR count). The van der Waals surface area contributed by atoms with Gasteiger partial charge in [0.25, 0.3) is 0 Å². The Morgan fingerprint density at radius 3 is 2.30 bits per heavy atom. The SMILES string of the molecule is CCN(CC)S(=O)(=O)c1ccc(C)c(NC(=O)C2CCN(C(C)=O)CC2)c1. The second-order valence-corrected chi connectivity index (χ2v) is 8.77. The summed E-state index contributed by atoms with van der Waals surface area (Å²) in [6.07, 6.45) is 1.23. The van der Waals surface area contributed by atoms with Crippen molar-refractivity contribution in [3.8, 4) is 0 Å². The van der Waals surface area contributed by atoms with E-state index in [0.717, 1.165) is 5.56 Å². The van der Waals surface area contributed by atoms with Crippen LogP contribution in [0, 0.1) is 12.8 Å². The minimum atomic E-state index is -3.58. The quantitative estimate of drug-likeness (QED) is 0.800. The number of likely N-dealkylation sites (tertiary alicyclic amines) is 1. The third kappa shape index (κ3) is 4.87. The van der Waals surface area contributed by atoms with Crippen molar-refractivity contribution in [3.05, 3.63) is 23.8 Å². The van der Waals surface area contributed by atoms with Crippen molar-refractivity contribution >= 4 is 27.5 Å². The van der Waals surface area contributed by atoms with E-state index in [9.17, 15) is 18.0 Å². The molecule has 0 bridgehead atoms. The Hall–Kier alpha value is -1.93. The van der Waals surface area contributed by atoms with E-state index in [2.05, 4.69) is 5.32 Å². The lowest BCUT2D eigenvalue weighted by Crippen LogP contribution is -2.40. The number of hydrogen-bond donors (Lipinski definition) is 1. The molecule has 0 saturated carbocycles. The van der Waals surface area contributed by atoms with E-state index in [-0.39, 0.29) is 22.6 Å². The summed E-state index contributed by atoms with van der Waals surface area (Å²) >= 11 is 0. The average Bonchev–Trinajstić information content (AvgIpc) is 2.64. The minimum absolute atomic E-state index is 0.0269. The molecule has 0 spiro atoms. The molecule has 1 aliphatic heterocycles. The smallest absolute Gasteiger partial charge is 0.243 e. The fourth-order valence-corrected chi connectivity index (χ4v) is 4.78. The van der Waals surface area contributed by atoms with E-state index in [1.807, 2.05) is 6.92 Å². The zero-order valence-electron chi connectivity index (χ0n) is 16.5. The molecule has 0 unspecified atom stereocenters. The van der Waals surface area contributed by atoms with Crippen LogP contribution in [0.3, 0.4) is 0 Å². The van der Waals surface area contributed by atoms with E-state index in [4.69, 9.17) is 0 Å². The first-order valence-corrected chi connectivity index (χ1v) is 10.8. The van der Waals surface area contributed by atoms with Crippen LogP contribution in [-0.4, -0.2) is 55.6 Å². The van der Waals surface area contributed by atoms with Gasteiger partial charge in [-0.05, 0) is 37.5 Å². The molecule has 0 radical (unpaired) electrons. The van der Waals surface area contributed by atoms with Crippen molar-refractivity contribution in [2.75, 3.05) is 31.5 Å². The number of carbonyl (C=O) groups excluding carboxylic acids is 2. The number of anilines is 1. The highest BCUT2D eigenvalue weighted by atomic mass is 32.2. The molecular weight excluding hydrogens is 366 g/mol. The zero-order valence-corrected chi connectivity index (χ0v) is 17.3. The molecule has 8 heteroatoms. The van der Waals surface area contributed by atoms with Gasteiger partial charge < -0.3 is 10.2 Å². The van der Waals surface area contributed by atoms with Crippen molar-refractivity contribution in [1.29, 1.82) is 0 Å². The molecule has 0 aliphatic carbocycles. The van der Waals surface area contributed by atoms with Crippen molar-refractivity contribution in [1.82, 2.24) is 9.21 Å². The maximum atomic E-state index is 12.7. The maximum Gasteiger partial charge on any atom is 0.243 e. The van der Waals surface area contributed by atoms with Crippen LogP contribution in [0.1, 0.15) is 39.2 Å². The van der Waals surface area contributed by atoms with Gasteiger partial charge in [0.15, 0.2) is 0 Å². The first-order valence-electron chi connectivity index (χ1n) is 9.37. The minimum Gasteiger partial charge on any atom is -0.343 e. The Balaban J connectivity index is 2.15. The molecule has 1 saturated heterocycles. The van der Waals surface area contributed by atoms with Gasteiger partial charge in [0.1, 0.15) is 0 Å². The van der Waals surface area contributed by atoms with Gasteiger partial charge in [-0.1, -0.05) is 19.9 Å². The molecule has 0 aromatic heterocycles. The molecule has 1 N–H and O–H groups in total. The molecule has 1 aromatic rings. The lowest BCUT2D eigenvalue weighted by Gasteiger charge is -2.30. The van der Waals surface area contributed by atoms with Crippen LogP contribution in [0.4, 0.5) is 5.69 Å². The van der Waals surface area contributed by atoms with Crippen LogP contribution < -0.4 is 5.32 Å². The number of amides is 2. The number of aryl methyl sites for hydroxylation is 1. The predicted molar refractivity (Wildman–Crippen MR) is 105 cm³/mol. The van der Waals surface area contributed by atoms with Gasteiger partial charge >= 0.3 is 0 Å². The third-order valence-electron chi connectivity index (χ3n) is 5.12. The Morgan fingerprint density at radius 2 is 1.78 bits per heavy atom. The van der Waals surface area contributed by atoms with Crippen molar-refractivity contribution in [3.63, 3.8) is 0 Å². The fraction of sp³-hybridized carbons (Fsp3) is 0.579. The number of nitrogens with one attached hydrogen (secondary N) is 1. The highest BCUT2D eigenvalue weighted by Crippen LogP contribution is 2.25. The van der Waals surface area contributed by atoms with Crippen LogP contribution >= 0.6 is 0 Å². The molecule has 7 nitrogen and oxygen atoms in total. The molecule has 2 amide bonds. The largest absolute Gasteiger partial charge is 0.343 e. The monoisotopic (exact) mass is 395 g/mol. The molecule has 1 aromatic carbocycles. The number of sulfonamides is 1. The maximum absolute atomic E-state index is 12.7. The van der Waals surface area contributed by atoms with E-state index in [1.54, 1.807) is 30.9 Å². The summed E-state index contributed by atoms with van der Waals surface area (Å²) in [6.45, 7) is 8.89. The molecule has 27 heavy (non-hydrogen) atoms. The summed E-state index contributed by atoms with van der Waals surface area (Å²) in [4.78, 5) is 26.0. The van der Waals surface area contributed by atoms with Gasteiger partial charge in [-0.25, -0.2) is 8.42 Å². The summed E-state index contributed by atoms with van der Waals surface area (Å²) in [7, 11) is -3.58. The van der Waals surface area contributed by atoms with Gasteiger partial charge in [0.2, 0.25) is 21.8 Å². The van der Waals surface area contributed by atoms with Gasteiger partial charge in [-0.2, -0.15) is 4.31 Å². The number of benzene rings is 1. The number of rotatable bonds is 6. The Bertz CT molecular complexity index is 795. The van der Waals surface area contributed by atoms with Gasteiger partial charge in [0, 0.05) is 44.7 Å². The second-order valence-electron chi connectivity index (χ2n) is 6.84. The molecular formula is C19H29N3O4S. The van der Waals surface area contributed by atoms with Crippen LogP contribution in [0.25, 0.3) is 0 Å². The number of nitrogens with zero attached hydrogens (tertiary/aromatic N) is 2. The molecule has 0 atom stereocenters. The van der Waals surface area contributed by atoms with E-state index < -0.39 is 10.0 Å². The Kier molecular flexibility index (Phi) is 7.00. The van der Waals surface area contributed by atoms with Gasteiger partial charge in [0.05, 0.1) is 4.90 Å². The molecule has 150 valence electrons. The second kappa shape index (κ2) is 8.84. The summed E-state index contributed by atoms with van der Waals surface area (Å²) in [6, 6.07) is 4.82. The Morgan fingerprint density at radius 1 is 1.19 bits per heavy atom. The zero-order chi connectivity index (χ0) is 20.2. The standard InChI is InChI=1S/C19H29N3O4S/c1-5-22(6-2)27(25,26)17-8-7-14(3)18(13-17)20-19(24)16-9-11-21(12-10-16)15(4)23/h7-8,13,16H,5-6,9-12H2,1-4H3,(H,20,24). The van der Waals surface area contributed by atoms with Gasteiger partial charge in [-0.15, -0.1) is 0 Å². The summed E-state index contributed by atoms with van der Waals surface area (Å²) in [5.41, 5.74) is 1.32. The fourth-order valence-electron chi connectivity index (χ4n) is 3.30. The molecule has 1 aliphatic rings. The number of hydrogen-bond acceptors (Lipinski definition) is 4. The van der Waals surface area contributed by atoms with Crippen LogP contribution in [-0.2, 0) is 19.6 Å². The van der Waals surface area contributed by atoms with E-state index in [0.29, 0.717) is 44.7 Å². The topological polar surface area (TPSA) is 86.8 Å². The summed E-state index contributed by atoms with van der Waals surface area (Å²) in [5, 5.41) is 2.89. The number of piperidine rings is 1. The normalized spacial score (nSPS) is 15.8. The lowest BCUT2D eigenvalue weighted by molar-refractivity contribution is -0.132. The predicted octanol–water partition coefficient (Wildman–Crippen LogP) is 2.22. The van der Waals surface area contributed by atoms with Crippen LogP contribution in [0.2, 0.25) is 0 Å². The Labute approximate surface area is 161 Å². The van der Waals surface area contributed by atoms with Crippen molar-refractivity contribution < 1.29 is 18.0 Å². The number of carbonyl (C=O) groups is 2. The highest BCUT2D eigenvalue weighted by molar-refractivity contribution is 7.89. The average molecular weight is 396 g/mol. The van der Waals surface area contributed by atoms with E-state index >= 15 is 0 Å². The van der Waals surface area contributed by atoms with E-state index in [1.165, 1.54) is 17.3 Å². The van der Waals surface area contributed by atoms with Gasteiger partial charge in [-0.3, -0.25) is 9.59 Å². The first-order chi connectivity index (χ1) is 12.7. The summed E-state index contributed by atoms with van der Waals surface area (Å²) < 4.78 is 26.8. The third-order valence-corrected chi connectivity index (χ3v) is 7.17. The van der Waals surface area contributed by atoms with Crippen molar-refractivity contribution in [2.45, 2.75) is 45.4 Å². The molecule has 1 fully saturated rings. The van der Waals surface area contributed by atoms with Crippen molar-refractivity contribution in [2.24, 2.45) is 5.92 Å². The summed E-state index contributed by atoms with van der Waals surface area (Å²) in [5.74, 6) is -0.277. The molecule has 1 heterocycles. The van der Waals surface area contributed by atoms with Crippen LogP contribution in [0.5, 0.6) is 0 Å². The highest BCUT2D eigenvalue weighted by Gasteiger charge is 2.27.